The molecular weight excluding hydrogens is 258 g/mol. The molecule has 0 radical (unpaired) electrons. The normalized spacial score (nSPS) is 12.2. The molecule has 0 amide bonds. The molecule has 19 heavy (non-hydrogen) atoms. The van der Waals surface area contributed by atoms with E-state index in [2.05, 4.69) is 26.0 Å². The number of halogens is 1. The first-order valence-corrected chi connectivity index (χ1v) is 6.81. The summed E-state index contributed by atoms with van der Waals surface area (Å²) in [6, 6.07) is 13.4. The third-order valence-electron chi connectivity index (χ3n) is 3.28. The van der Waals surface area contributed by atoms with Gasteiger partial charge in [-0.15, -0.1) is 0 Å². The Morgan fingerprint density at radius 2 is 1.84 bits per heavy atom. The van der Waals surface area contributed by atoms with Gasteiger partial charge in [0.2, 0.25) is 0 Å². The largest absolute Gasteiger partial charge is 0.454 e. The van der Waals surface area contributed by atoms with E-state index in [1.54, 1.807) is 18.2 Å². The number of hydrogen-bond donors (Lipinski definition) is 1. The highest BCUT2D eigenvalue weighted by Crippen LogP contribution is 2.35. The molecule has 0 spiro atoms. The highest BCUT2D eigenvalue weighted by atomic mass is 35.5. The van der Waals surface area contributed by atoms with E-state index in [0.717, 1.165) is 12.2 Å². The van der Waals surface area contributed by atoms with Crippen LogP contribution < -0.4 is 10.5 Å². The highest BCUT2D eigenvalue weighted by molar-refractivity contribution is 6.32. The van der Waals surface area contributed by atoms with E-state index in [9.17, 15) is 0 Å². The maximum atomic E-state index is 6.08. The molecule has 0 saturated heterocycles. The number of nitrogen functional groups attached to an aromatic ring is 1. The van der Waals surface area contributed by atoms with Gasteiger partial charge < -0.3 is 10.5 Å². The highest BCUT2D eigenvalue weighted by Gasteiger charge is 2.08. The molecule has 2 rings (SSSR count). The second kappa shape index (κ2) is 5.98. The van der Waals surface area contributed by atoms with Gasteiger partial charge in [-0.2, -0.15) is 0 Å². The molecule has 1 atom stereocenters. The fourth-order valence-electron chi connectivity index (χ4n) is 1.85. The van der Waals surface area contributed by atoms with Crippen LogP contribution in [0.4, 0.5) is 5.69 Å². The molecule has 0 aliphatic rings. The van der Waals surface area contributed by atoms with Crippen molar-refractivity contribution in [3.8, 4) is 11.5 Å². The Labute approximate surface area is 119 Å². The van der Waals surface area contributed by atoms with Crippen LogP contribution in [0.1, 0.15) is 31.7 Å². The van der Waals surface area contributed by atoms with Gasteiger partial charge in [0.1, 0.15) is 5.75 Å². The molecule has 1 unspecified atom stereocenters. The SMILES string of the molecule is CCC(C)c1ccc(Oc2c(N)cccc2Cl)cc1. The molecule has 2 nitrogen and oxygen atoms in total. The fourth-order valence-corrected chi connectivity index (χ4v) is 2.07. The van der Waals surface area contributed by atoms with Gasteiger partial charge in [0.15, 0.2) is 5.75 Å². The Hall–Kier alpha value is -1.67. The molecule has 0 saturated carbocycles. The maximum absolute atomic E-state index is 6.08. The van der Waals surface area contributed by atoms with E-state index >= 15 is 0 Å². The first-order chi connectivity index (χ1) is 9.11. The van der Waals surface area contributed by atoms with Crippen molar-refractivity contribution in [3.05, 3.63) is 53.1 Å². The van der Waals surface area contributed by atoms with Gasteiger partial charge in [-0.25, -0.2) is 0 Å². The second-order valence-corrected chi connectivity index (χ2v) is 5.05. The van der Waals surface area contributed by atoms with Crippen molar-refractivity contribution < 1.29 is 4.74 Å². The van der Waals surface area contributed by atoms with E-state index in [0.29, 0.717) is 22.4 Å². The predicted octanol–water partition coefficient (Wildman–Crippen LogP) is 5.23. The lowest BCUT2D eigenvalue weighted by Gasteiger charge is -2.12. The summed E-state index contributed by atoms with van der Waals surface area (Å²) in [5.74, 6) is 1.81. The van der Waals surface area contributed by atoms with Crippen molar-refractivity contribution in [3.63, 3.8) is 0 Å². The molecule has 0 heterocycles. The van der Waals surface area contributed by atoms with Gasteiger partial charge in [0.25, 0.3) is 0 Å². The Morgan fingerprint density at radius 3 is 2.42 bits per heavy atom. The Bertz CT molecular complexity index is 531. The molecule has 2 aromatic carbocycles. The van der Waals surface area contributed by atoms with Crippen molar-refractivity contribution in [1.82, 2.24) is 0 Å². The van der Waals surface area contributed by atoms with E-state index in [1.165, 1.54) is 5.56 Å². The Balaban J connectivity index is 2.20. The Morgan fingerprint density at radius 1 is 1.16 bits per heavy atom. The van der Waals surface area contributed by atoms with Gasteiger partial charge in [-0.3, -0.25) is 0 Å². The predicted molar refractivity (Wildman–Crippen MR) is 81.1 cm³/mol. The minimum Gasteiger partial charge on any atom is -0.454 e. The van der Waals surface area contributed by atoms with Crippen molar-refractivity contribution in [2.24, 2.45) is 0 Å². The van der Waals surface area contributed by atoms with Crippen molar-refractivity contribution in [2.75, 3.05) is 5.73 Å². The number of nitrogens with two attached hydrogens (primary N) is 1. The molecular formula is C16H18ClNO. The standard InChI is InChI=1S/C16H18ClNO/c1-3-11(2)12-7-9-13(10-8-12)19-16-14(17)5-4-6-15(16)18/h4-11H,3,18H2,1-2H3. The van der Waals surface area contributed by atoms with Gasteiger partial charge in [-0.1, -0.05) is 43.6 Å². The fraction of sp³-hybridized carbons (Fsp3) is 0.250. The monoisotopic (exact) mass is 275 g/mol. The first kappa shape index (κ1) is 13.8. The summed E-state index contributed by atoms with van der Waals surface area (Å²) in [6.07, 6.45) is 1.12. The van der Waals surface area contributed by atoms with Crippen LogP contribution in [0.3, 0.4) is 0 Å². The first-order valence-electron chi connectivity index (χ1n) is 6.43. The van der Waals surface area contributed by atoms with Crippen LogP contribution in [-0.4, -0.2) is 0 Å². The summed E-state index contributed by atoms with van der Waals surface area (Å²) in [7, 11) is 0. The lowest BCUT2D eigenvalue weighted by molar-refractivity contribution is 0.485. The smallest absolute Gasteiger partial charge is 0.168 e. The van der Waals surface area contributed by atoms with Gasteiger partial charge >= 0.3 is 0 Å². The van der Waals surface area contributed by atoms with Crippen molar-refractivity contribution in [2.45, 2.75) is 26.2 Å². The molecule has 0 fully saturated rings. The molecule has 0 aliphatic heterocycles. The van der Waals surface area contributed by atoms with Crippen molar-refractivity contribution >= 4 is 17.3 Å². The zero-order chi connectivity index (χ0) is 13.8. The molecule has 0 bridgehead atoms. The zero-order valence-corrected chi connectivity index (χ0v) is 11.9. The molecule has 100 valence electrons. The zero-order valence-electron chi connectivity index (χ0n) is 11.2. The van der Waals surface area contributed by atoms with Crippen LogP contribution in [0, 0.1) is 0 Å². The van der Waals surface area contributed by atoms with Crippen LogP contribution in [0.2, 0.25) is 5.02 Å². The van der Waals surface area contributed by atoms with Crippen LogP contribution in [0.15, 0.2) is 42.5 Å². The minimum absolute atomic E-state index is 0.514. The summed E-state index contributed by atoms with van der Waals surface area (Å²) >= 11 is 6.08. The van der Waals surface area contributed by atoms with Gasteiger partial charge in [-0.05, 0) is 42.2 Å². The van der Waals surface area contributed by atoms with E-state index < -0.39 is 0 Å². The topological polar surface area (TPSA) is 35.2 Å². The number of anilines is 1. The van der Waals surface area contributed by atoms with Crippen molar-refractivity contribution in [1.29, 1.82) is 0 Å². The van der Waals surface area contributed by atoms with E-state index in [4.69, 9.17) is 22.1 Å². The number of rotatable bonds is 4. The van der Waals surface area contributed by atoms with E-state index in [-0.39, 0.29) is 0 Å². The van der Waals surface area contributed by atoms with E-state index in [1.807, 2.05) is 12.1 Å². The molecule has 2 aromatic rings. The lowest BCUT2D eigenvalue weighted by Crippen LogP contribution is -1.94. The summed E-state index contributed by atoms with van der Waals surface area (Å²) < 4.78 is 5.75. The number of para-hydroxylation sites is 1. The molecule has 3 heteroatoms. The van der Waals surface area contributed by atoms with Crippen LogP contribution in [0.25, 0.3) is 0 Å². The van der Waals surface area contributed by atoms with Gasteiger partial charge in [0.05, 0.1) is 10.7 Å². The lowest BCUT2D eigenvalue weighted by atomic mass is 9.99. The molecule has 0 aliphatic carbocycles. The average molecular weight is 276 g/mol. The summed E-state index contributed by atoms with van der Waals surface area (Å²) in [5, 5.41) is 0.519. The number of benzene rings is 2. The number of hydrogen-bond acceptors (Lipinski definition) is 2. The van der Waals surface area contributed by atoms with Gasteiger partial charge in [0, 0.05) is 0 Å². The van der Waals surface area contributed by atoms with Crippen LogP contribution >= 0.6 is 11.6 Å². The van der Waals surface area contributed by atoms with Crippen LogP contribution in [0.5, 0.6) is 11.5 Å². The minimum atomic E-state index is 0.514. The summed E-state index contributed by atoms with van der Waals surface area (Å²) in [5.41, 5.74) is 7.71. The van der Waals surface area contributed by atoms with Crippen LogP contribution in [-0.2, 0) is 0 Å². The third-order valence-corrected chi connectivity index (χ3v) is 3.58. The summed E-state index contributed by atoms with van der Waals surface area (Å²) in [4.78, 5) is 0. The summed E-state index contributed by atoms with van der Waals surface area (Å²) in [6.45, 7) is 4.39. The molecule has 2 N–H and O–H groups in total. The maximum Gasteiger partial charge on any atom is 0.168 e. The molecule has 0 aromatic heterocycles. The second-order valence-electron chi connectivity index (χ2n) is 4.64. The quantitative estimate of drug-likeness (QED) is 0.776. The number of ether oxygens (including phenoxy) is 1. The Kier molecular flexibility index (Phi) is 4.33. The third kappa shape index (κ3) is 3.21. The average Bonchev–Trinajstić information content (AvgIpc) is 2.43.